The molecule has 0 saturated carbocycles. The Morgan fingerprint density at radius 2 is 1.27 bits per heavy atom. The minimum atomic E-state index is 0.676. The van der Waals surface area contributed by atoms with Gasteiger partial charge < -0.3 is 9.47 Å². The van der Waals surface area contributed by atoms with Crippen LogP contribution in [0.3, 0.4) is 0 Å². The molecule has 160 valence electrons. The summed E-state index contributed by atoms with van der Waals surface area (Å²) in [6.07, 6.45) is 13.1. The van der Waals surface area contributed by atoms with Gasteiger partial charge in [0, 0.05) is 26.4 Å². The zero-order valence-corrected chi connectivity index (χ0v) is 19.4. The Kier molecular flexibility index (Phi) is 24.8. The van der Waals surface area contributed by atoms with Gasteiger partial charge in [-0.05, 0) is 37.0 Å². The van der Waals surface area contributed by atoms with Gasteiger partial charge in [-0.3, -0.25) is 0 Å². The van der Waals surface area contributed by atoms with E-state index < -0.39 is 0 Å². The van der Waals surface area contributed by atoms with Gasteiger partial charge in [0.15, 0.2) is 0 Å². The van der Waals surface area contributed by atoms with Crippen LogP contribution in [0, 0.1) is 17.8 Å². The van der Waals surface area contributed by atoms with Crippen molar-refractivity contribution in [1.29, 1.82) is 0 Å². The summed E-state index contributed by atoms with van der Waals surface area (Å²) < 4.78 is 11.1. The number of ether oxygens (including phenoxy) is 2. The van der Waals surface area contributed by atoms with Crippen molar-refractivity contribution in [1.82, 2.24) is 0 Å². The first-order chi connectivity index (χ1) is 12.5. The smallest absolute Gasteiger partial charge is 0.0494 e. The fourth-order valence-corrected chi connectivity index (χ4v) is 2.70. The van der Waals surface area contributed by atoms with Crippen LogP contribution < -0.4 is 0 Å². The monoisotopic (exact) mass is 372 g/mol. The predicted octanol–water partition coefficient (Wildman–Crippen LogP) is 7.89. The van der Waals surface area contributed by atoms with Gasteiger partial charge in [0.2, 0.25) is 0 Å². The molecule has 0 aromatic heterocycles. The lowest BCUT2D eigenvalue weighted by molar-refractivity contribution is 0.0943. The minimum Gasteiger partial charge on any atom is -0.381 e. The lowest BCUT2D eigenvalue weighted by Gasteiger charge is -2.14. The number of hydrogen-bond acceptors (Lipinski definition) is 2. The molecule has 0 amide bonds. The highest BCUT2D eigenvalue weighted by Crippen LogP contribution is 2.14. The summed E-state index contributed by atoms with van der Waals surface area (Å²) >= 11 is 0. The molecule has 0 aliphatic heterocycles. The maximum atomic E-state index is 5.57. The summed E-state index contributed by atoms with van der Waals surface area (Å²) in [5.41, 5.74) is 0. The molecule has 0 saturated heterocycles. The summed E-state index contributed by atoms with van der Waals surface area (Å²) in [6.45, 7) is 19.5. The SMILES string of the molecule is CCC(C)CCCCOCC(C)C.CCCCCC(CC)COCCC. The topological polar surface area (TPSA) is 18.5 Å². The Labute approximate surface area is 166 Å². The molecular weight excluding hydrogens is 320 g/mol. The van der Waals surface area contributed by atoms with Gasteiger partial charge in [0.1, 0.15) is 0 Å². The van der Waals surface area contributed by atoms with Crippen LogP contribution in [-0.2, 0) is 9.47 Å². The van der Waals surface area contributed by atoms with Gasteiger partial charge in [-0.15, -0.1) is 0 Å². The van der Waals surface area contributed by atoms with E-state index in [9.17, 15) is 0 Å². The summed E-state index contributed by atoms with van der Waals surface area (Å²) in [6, 6.07) is 0. The first kappa shape index (κ1) is 28.1. The van der Waals surface area contributed by atoms with Gasteiger partial charge in [0.25, 0.3) is 0 Å². The zero-order valence-electron chi connectivity index (χ0n) is 19.4. The fourth-order valence-electron chi connectivity index (χ4n) is 2.70. The molecule has 0 N–H and O–H groups in total. The van der Waals surface area contributed by atoms with E-state index >= 15 is 0 Å². The molecule has 26 heavy (non-hydrogen) atoms. The fraction of sp³-hybridized carbons (Fsp3) is 1.00. The van der Waals surface area contributed by atoms with Crippen LogP contribution in [0.25, 0.3) is 0 Å². The van der Waals surface area contributed by atoms with E-state index in [1.165, 1.54) is 57.8 Å². The van der Waals surface area contributed by atoms with Crippen LogP contribution >= 0.6 is 0 Å². The van der Waals surface area contributed by atoms with Crippen molar-refractivity contribution in [3.63, 3.8) is 0 Å². The number of unbranched alkanes of at least 4 members (excludes halogenated alkanes) is 3. The quantitative estimate of drug-likeness (QED) is 0.242. The molecule has 2 nitrogen and oxygen atoms in total. The molecule has 0 spiro atoms. The maximum absolute atomic E-state index is 5.57. The highest BCUT2D eigenvalue weighted by Gasteiger charge is 2.05. The van der Waals surface area contributed by atoms with Crippen molar-refractivity contribution in [2.24, 2.45) is 17.8 Å². The molecule has 2 heteroatoms. The highest BCUT2D eigenvalue weighted by molar-refractivity contribution is 4.56. The predicted molar refractivity (Wildman–Crippen MR) is 118 cm³/mol. The van der Waals surface area contributed by atoms with Crippen LogP contribution in [0.2, 0.25) is 0 Å². The van der Waals surface area contributed by atoms with E-state index in [4.69, 9.17) is 9.47 Å². The van der Waals surface area contributed by atoms with Gasteiger partial charge in [0.05, 0.1) is 0 Å². The van der Waals surface area contributed by atoms with E-state index in [2.05, 4.69) is 48.5 Å². The van der Waals surface area contributed by atoms with Crippen LogP contribution in [0.4, 0.5) is 0 Å². The summed E-state index contributed by atoms with van der Waals surface area (Å²) in [5.74, 6) is 2.37. The van der Waals surface area contributed by atoms with E-state index in [1.54, 1.807) is 0 Å². The second-order valence-electron chi connectivity index (χ2n) is 8.32. The summed E-state index contributed by atoms with van der Waals surface area (Å²) in [7, 11) is 0. The van der Waals surface area contributed by atoms with Crippen molar-refractivity contribution in [3.8, 4) is 0 Å². The standard InChI is InChI=1S/2C12H26O/c1-5-12(4)8-6-7-9-13-10-11(2)3;1-4-7-8-9-12(6-3)11-13-10-5-2/h11-12H,5-10H2,1-4H3;12H,4-11H2,1-3H3. The molecule has 0 radical (unpaired) electrons. The van der Waals surface area contributed by atoms with Crippen LogP contribution in [0.1, 0.15) is 113 Å². The van der Waals surface area contributed by atoms with E-state index in [0.29, 0.717) is 5.92 Å². The maximum Gasteiger partial charge on any atom is 0.0494 e. The Morgan fingerprint density at radius 3 is 1.81 bits per heavy atom. The molecule has 0 aromatic rings. The first-order valence-electron chi connectivity index (χ1n) is 11.7. The Hall–Kier alpha value is -0.0800. The molecule has 2 unspecified atom stereocenters. The second-order valence-corrected chi connectivity index (χ2v) is 8.32. The molecule has 0 aliphatic rings. The van der Waals surface area contributed by atoms with Crippen LogP contribution in [0.5, 0.6) is 0 Å². The van der Waals surface area contributed by atoms with E-state index in [1.807, 2.05) is 0 Å². The average Bonchev–Trinajstić information content (AvgIpc) is 2.63. The molecule has 0 rings (SSSR count). The van der Waals surface area contributed by atoms with Crippen molar-refractivity contribution < 1.29 is 9.47 Å². The van der Waals surface area contributed by atoms with E-state index in [-0.39, 0.29) is 0 Å². The van der Waals surface area contributed by atoms with Crippen molar-refractivity contribution in [2.45, 2.75) is 113 Å². The Bertz CT molecular complexity index is 230. The number of hydrogen-bond donors (Lipinski definition) is 0. The molecule has 0 aliphatic carbocycles. The molecule has 0 aromatic carbocycles. The van der Waals surface area contributed by atoms with Crippen molar-refractivity contribution in [3.05, 3.63) is 0 Å². The summed E-state index contributed by atoms with van der Waals surface area (Å²) in [5, 5.41) is 0. The largest absolute Gasteiger partial charge is 0.381 e. The van der Waals surface area contributed by atoms with Gasteiger partial charge in [-0.1, -0.05) is 93.4 Å². The third-order valence-electron chi connectivity index (χ3n) is 4.88. The molecule has 0 heterocycles. The van der Waals surface area contributed by atoms with Gasteiger partial charge in [-0.25, -0.2) is 0 Å². The second kappa shape index (κ2) is 23.0. The Morgan fingerprint density at radius 1 is 0.615 bits per heavy atom. The van der Waals surface area contributed by atoms with Gasteiger partial charge in [-0.2, -0.15) is 0 Å². The van der Waals surface area contributed by atoms with Crippen LogP contribution in [-0.4, -0.2) is 26.4 Å². The number of rotatable bonds is 17. The zero-order chi connectivity index (χ0) is 20.0. The van der Waals surface area contributed by atoms with Crippen molar-refractivity contribution >= 4 is 0 Å². The lowest BCUT2D eigenvalue weighted by atomic mass is 10.00. The third-order valence-corrected chi connectivity index (χ3v) is 4.88. The molecule has 0 fully saturated rings. The average molecular weight is 373 g/mol. The third kappa shape index (κ3) is 23.9. The first-order valence-corrected chi connectivity index (χ1v) is 11.7. The molecule has 0 bridgehead atoms. The van der Waals surface area contributed by atoms with Crippen molar-refractivity contribution in [2.75, 3.05) is 26.4 Å². The highest BCUT2D eigenvalue weighted by atomic mass is 16.5. The Balaban J connectivity index is 0. The van der Waals surface area contributed by atoms with Gasteiger partial charge >= 0.3 is 0 Å². The lowest BCUT2D eigenvalue weighted by Crippen LogP contribution is -2.09. The molecule has 2 atom stereocenters. The molecular formula is C24H52O2. The minimum absolute atomic E-state index is 0.676. The van der Waals surface area contributed by atoms with E-state index in [0.717, 1.165) is 44.7 Å². The normalized spacial score (nSPS) is 13.4. The van der Waals surface area contributed by atoms with Crippen LogP contribution in [0.15, 0.2) is 0 Å². The summed E-state index contributed by atoms with van der Waals surface area (Å²) in [4.78, 5) is 0.